The molecular weight excluding hydrogens is 513 g/mol. The van der Waals surface area contributed by atoms with Crippen LogP contribution in [0, 0.1) is 5.82 Å². The molecule has 0 saturated carbocycles. The molecule has 6 nitrogen and oxygen atoms in total. The average Bonchev–Trinajstić information content (AvgIpc) is 2.90. The molecule has 2 heterocycles. The lowest BCUT2D eigenvalue weighted by atomic mass is 10.0. The van der Waals surface area contributed by atoms with Crippen molar-refractivity contribution in [2.24, 2.45) is 0 Å². The molecule has 1 unspecified atom stereocenters. The zero-order chi connectivity index (χ0) is 26.4. The summed E-state index contributed by atoms with van der Waals surface area (Å²) in [6.07, 6.45) is 2.96. The van der Waals surface area contributed by atoms with Gasteiger partial charge in [0.05, 0.1) is 35.1 Å². The Bertz CT molecular complexity index is 1440. The molecule has 1 amide bonds. The number of aromatic nitrogens is 1. The van der Waals surface area contributed by atoms with Crippen LogP contribution in [0.2, 0.25) is 5.02 Å². The van der Waals surface area contributed by atoms with Crippen molar-refractivity contribution < 1.29 is 18.1 Å². The van der Waals surface area contributed by atoms with E-state index in [0.717, 1.165) is 10.8 Å². The van der Waals surface area contributed by atoms with E-state index in [2.05, 4.69) is 24.1 Å². The van der Waals surface area contributed by atoms with Gasteiger partial charge in [0, 0.05) is 22.8 Å². The Morgan fingerprint density at radius 2 is 1.92 bits per heavy atom. The second-order valence-corrected chi connectivity index (χ2v) is 10.1. The number of halogens is 2. The summed E-state index contributed by atoms with van der Waals surface area (Å²) in [4.78, 5) is 17.3. The zero-order valence-electron chi connectivity index (χ0n) is 20.5. The summed E-state index contributed by atoms with van der Waals surface area (Å²) in [6.45, 7) is 5.04. The minimum atomic E-state index is -1.39. The second-order valence-electron chi connectivity index (χ2n) is 8.35. The number of amides is 1. The minimum Gasteiger partial charge on any atom is -0.364 e. The molecule has 37 heavy (non-hydrogen) atoms. The van der Waals surface area contributed by atoms with Crippen LogP contribution in [-0.2, 0) is 15.7 Å². The second kappa shape index (κ2) is 12.3. The first kappa shape index (κ1) is 26.7. The van der Waals surface area contributed by atoms with Crippen molar-refractivity contribution in [3.8, 4) is 11.3 Å². The van der Waals surface area contributed by atoms with E-state index in [4.69, 9.17) is 16.3 Å². The Morgan fingerprint density at radius 3 is 2.68 bits per heavy atom. The molecule has 4 aromatic rings. The van der Waals surface area contributed by atoms with Gasteiger partial charge in [-0.15, -0.1) is 0 Å². The van der Waals surface area contributed by atoms with Gasteiger partial charge in [0.15, 0.2) is 0 Å². The number of benzene rings is 3. The zero-order valence-corrected chi connectivity index (χ0v) is 22.1. The fraction of sp³-hybridized carbons (Fsp3) is 0.214. The van der Waals surface area contributed by atoms with Gasteiger partial charge in [0.25, 0.3) is 5.91 Å². The Labute approximate surface area is 223 Å². The maximum atomic E-state index is 14.8. The molecule has 9 heteroatoms. The third-order valence-corrected chi connectivity index (χ3v) is 7.09. The summed E-state index contributed by atoms with van der Waals surface area (Å²) in [5.74, 6) is -1.25. The highest BCUT2D eigenvalue weighted by atomic mass is 35.5. The number of hydrogen-bond acceptors (Lipinski definition) is 4. The number of carbonyl (C=O) groups excluding carboxylic acids is 1. The first-order valence-electron chi connectivity index (χ1n) is 11.9. The third kappa shape index (κ3) is 6.15. The molecule has 1 fully saturated rings. The maximum Gasteiger partial charge on any atom is 0.258 e. The largest absolute Gasteiger partial charge is 0.364 e. The average molecular weight is 540 g/mol. The quantitative estimate of drug-likeness (QED) is 0.309. The SMILES string of the molecule is CCC.O=C(Nc1ccc(Cl)c(-c2nccc3ccccc23)c1)c1ccc(N2CCOCS2=O)cc1F. The third-order valence-electron chi connectivity index (χ3n) is 5.51. The highest BCUT2D eigenvalue weighted by Gasteiger charge is 2.21. The van der Waals surface area contributed by atoms with Crippen LogP contribution in [0.25, 0.3) is 22.0 Å². The van der Waals surface area contributed by atoms with E-state index < -0.39 is 22.7 Å². The highest BCUT2D eigenvalue weighted by molar-refractivity contribution is 7.86. The van der Waals surface area contributed by atoms with Gasteiger partial charge in [-0.3, -0.25) is 14.1 Å². The first-order valence-corrected chi connectivity index (χ1v) is 13.6. The van der Waals surface area contributed by atoms with Crippen LogP contribution >= 0.6 is 11.6 Å². The van der Waals surface area contributed by atoms with E-state index in [1.165, 1.54) is 18.6 Å². The molecule has 0 aliphatic carbocycles. The van der Waals surface area contributed by atoms with Crippen LogP contribution in [0.15, 0.2) is 72.9 Å². The molecule has 5 rings (SSSR count). The maximum absolute atomic E-state index is 14.8. The highest BCUT2D eigenvalue weighted by Crippen LogP contribution is 2.34. The molecule has 0 bridgehead atoms. The lowest BCUT2D eigenvalue weighted by Crippen LogP contribution is -2.37. The van der Waals surface area contributed by atoms with E-state index >= 15 is 0 Å². The smallest absolute Gasteiger partial charge is 0.258 e. The number of ether oxygens (including phenoxy) is 1. The van der Waals surface area contributed by atoms with Crippen molar-refractivity contribution in [2.75, 3.05) is 28.7 Å². The number of carbonyl (C=O) groups is 1. The van der Waals surface area contributed by atoms with E-state index in [1.54, 1.807) is 34.8 Å². The van der Waals surface area contributed by atoms with Gasteiger partial charge >= 0.3 is 0 Å². The topological polar surface area (TPSA) is 71.5 Å². The molecule has 1 N–H and O–H groups in total. The number of hydrogen-bond donors (Lipinski definition) is 1. The van der Waals surface area contributed by atoms with Crippen molar-refractivity contribution in [1.82, 2.24) is 4.98 Å². The molecule has 1 aliphatic heterocycles. The van der Waals surface area contributed by atoms with Crippen LogP contribution < -0.4 is 9.62 Å². The molecule has 1 aliphatic rings. The van der Waals surface area contributed by atoms with E-state index in [0.29, 0.717) is 40.8 Å². The minimum absolute atomic E-state index is 0.0638. The predicted molar refractivity (Wildman–Crippen MR) is 149 cm³/mol. The van der Waals surface area contributed by atoms with Crippen molar-refractivity contribution in [2.45, 2.75) is 20.3 Å². The van der Waals surface area contributed by atoms with Gasteiger partial charge in [0.2, 0.25) is 0 Å². The number of nitrogens with one attached hydrogen (secondary N) is 1. The van der Waals surface area contributed by atoms with Gasteiger partial charge in [0.1, 0.15) is 22.7 Å². The summed E-state index contributed by atoms with van der Waals surface area (Å²) in [6, 6.07) is 18.9. The van der Waals surface area contributed by atoms with Gasteiger partial charge in [-0.25, -0.2) is 8.60 Å². The lowest BCUT2D eigenvalue weighted by molar-refractivity contribution is 0.102. The summed E-state index contributed by atoms with van der Waals surface area (Å²) < 4.78 is 33.6. The van der Waals surface area contributed by atoms with E-state index in [9.17, 15) is 13.4 Å². The van der Waals surface area contributed by atoms with Gasteiger partial charge in [-0.05, 0) is 47.9 Å². The molecule has 1 atom stereocenters. The molecule has 0 spiro atoms. The fourth-order valence-corrected chi connectivity index (χ4v) is 5.07. The normalized spacial score (nSPS) is 15.1. The predicted octanol–water partition coefficient (Wildman–Crippen LogP) is 6.82. The van der Waals surface area contributed by atoms with E-state index in [1.807, 2.05) is 30.3 Å². The molecular formula is C28H27ClFN3O3S. The number of nitrogens with zero attached hydrogens (tertiary/aromatic N) is 2. The van der Waals surface area contributed by atoms with E-state index in [-0.39, 0.29) is 11.5 Å². The number of rotatable bonds is 4. The van der Waals surface area contributed by atoms with Crippen molar-refractivity contribution in [3.63, 3.8) is 0 Å². The van der Waals surface area contributed by atoms with Crippen molar-refractivity contribution in [1.29, 1.82) is 0 Å². The van der Waals surface area contributed by atoms with Crippen LogP contribution in [-0.4, -0.2) is 34.2 Å². The van der Waals surface area contributed by atoms with Crippen LogP contribution in [0.5, 0.6) is 0 Å². The van der Waals surface area contributed by atoms with Crippen molar-refractivity contribution in [3.05, 3.63) is 89.3 Å². The molecule has 1 aromatic heterocycles. The Balaban J connectivity index is 0.00000102. The van der Waals surface area contributed by atoms with Crippen molar-refractivity contribution >= 4 is 50.6 Å². The van der Waals surface area contributed by atoms with Crippen LogP contribution in [0.3, 0.4) is 0 Å². The first-order chi connectivity index (χ1) is 17.9. The summed E-state index contributed by atoms with van der Waals surface area (Å²) in [7, 11) is -1.39. The molecule has 1 saturated heterocycles. The van der Waals surface area contributed by atoms with Gasteiger partial charge in [-0.2, -0.15) is 0 Å². The molecule has 192 valence electrons. The molecule has 0 radical (unpaired) electrons. The van der Waals surface area contributed by atoms with Gasteiger partial charge in [-0.1, -0.05) is 56.1 Å². The Morgan fingerprint density at radius 1 is 1.14 bits per heavy atom. The number of fused-ring (bicyclic) bond motifs is 1. The lowest BCUT2D eigenvalue weighted by Gasteiger charge is -2.27. The Hall–Kier alpha value is -3.33. The monoisotopic (exact) mass is 539 g/mol. The summed E-state index contributed by atoms with van der Waals surface area (Å²) >= 11 is 6.46. The van der Waals surface area contributed by atoms with Gasteiger partial charge < -0.3 is 10.1 Å². The molecule has 3 aromatic carbocycles. The number of pyridine rings is 1. The van der Waals surface area contributed by atoms with Crippen LogP contribution in [0.4, 0.5) is 15.8 Å². The summed E-state index contributed by atoms with van der Waals surface area (Å²) in [5, 5.41) is 5.16. The van der Waals surface area contributed by atoms with Crippen LogP contribution in [0.1, 0.15) is 30.6 Å². The standard InChI is InChI=1S/C25H19ClFN3O3S.C3H8/c26-22-8-5-17(13-21(22)24-19-4-2-1-3-16(19)9-10-28-24)29-25(31)20-7-6-18(14-23(20)27)30-11-12-33-15-34(30)32;1-3-2/h1-10,13-14H,11-12,15H2,(H,29,31);3H2,1-2H3. The summed E-state index contributed by atoms with van der Waals surface area (Å²) in [5.41, 5.74) is 2.11. The number of anilines is 2. The fourth-order valence-electron chi connectivity index (χ4n) is 3.85. The Kier molecular flexibility index (Phi) is 8.87.